The standard InChI is InChI=1S/C23H26N4O2/c28-22-17(5-6-24-22)9-15-3-4-21-19(11-15)20(23(29)26-21)12-18-10-16(13-25-18)14-27-7-1-2-8-27/h3-4,10-13,17,25H,1-2,5-9,14H2,(H,24,28)(H,26,29). The van der Waals surface area contributed by atoms with Crippen molar-refractivity contribution in [2.45, 2.75) is 32.2 Å². The van der Waals surface area contributed by atoms with Crippen LogP contribution in [-0.4, -0.2) is 41.3 Å². The summed E-state index contributed by atoms with van der Waals surface area (Å²) in [5.41, 5.74) is 5.71. The quantitative estimate of drug-likeness (QED) is 0.687. The third kappa shape index (κ3) is 3.72. The molecule has 0 aliphatic carbocycles. The Hall–Kier alpha value is -2.86. The average molecular weight is 390 g/mol. The maximum atomic E-state index is 12.6. The van der Waals surface area contributed by atoms with Gasteiger partial charge in [0, 0.05) is 42.1 Å². The highest BCUT2D eigenvalue weighted by atomic mass is 16.2. The molecule has 0 spiro atoms. The summed E-state index contributed by atoms with van der Waals surface area (Å²) in [6, 6.07) is 8.14. The third-order valence-corrected chi connectivity index (χ3v) is 6.18. The lowest BCUT2D eigenvalue weighted by atomic mass is 9.95. The first kappa shape index (κ1) is 18.2. The number of aromatic amines is 1. The van der Waals surface area contributed by atoms with Crippen LogP contribution in [0, 0.1) is 5.92 Å². The Balaban J connectivity index is 1.37. The highest BCUT2D eigenvalue weighted by molar-refractivity contribution is 6.34. The molecule has 3 aliphatic heterocycles. The van der Waals surface area contributed by atoms with Crippen molar-refractivity contribution in [3.05, 3.63) is 52.8 Å². The second-order valence-corrected chi connectivity index (χ2v) is 8.32. The van der Waals surface area contributed by atoms with Gasteiger partial charge in [-0.15, -0.1) is 0 Å². The van der Waals surface area contributed by atoms with Crippen LogP contribution in [0.1, 0.15) is 41.6 Å². The second-order valence-electron chi connectivity index (χ2n) is 8.32. The Labute approximate surface area is 170 Å². The molecule has 1 unspecified atom stereocenters. The average Bonchev–Trinajstić information content (AvgIpc) is 3.49. The molecule has 6 heteroatoms. The van der Waals surface area contributed by atoms with Crippen LogP contribution in [0.4, 0.5) is 5.69 Å². The molecule has 4 heterocycles. The summed E-state index contributed by atoms with van der Waals surface area (Å²) in [6.07, 6.45) is 8.11. The van der Waals surface area contributed by atoms with Crippen molar-refractivity contribution in [3.63, 3.8) is 0 Å². The molecule has 0 radical (unpaired) electrons. The smallest absolute Gasteiger partial charge is 0.256 e. The van der Waals surface area contributed by atoms with Gasteiger partial charge in [0.05, 0.1) is 5.57 Å². The summed E-state index contributed by atoms with van der Waals surface area (Å²) in [7, 11) is 0. The topological polar surface area (TPSA) is 77.2 Å². The number of H-pyrrole nitrogens is 1. The van der Waals surface area contributed by atoms with Crippen LogP contribution in [0.25, 0.3) is 11.6 Å². The Bertz CT molecular complexity index is 985. The van der Waals surface area contributed by atoms with E-state index in [1.807, 2.05) is 24.4 Å². The fourth-order valence-corrected chi connectivity index (χ4v) is 4.62. The minimum Gasteiger partial charge on any atom is -0.361 e. The van der Waals surface area contributed by atoms with Crippen molar-refractivity contribution < 1.29 is 9.59 Å². The van der Waals surface area contributed by atoms with Gasteiger partial charge in [-0.2, -0.15) is 0 Å². The van der Waals surface area contributed by atoms with Gasteiger partial charge < -0.3 is 15.6 Å². The van der Waals surface area contributed by atoms with Crippen molar-refractivity contribution in [2.75, 3.05) is 25.0 Å². The Morgan fingerprint density at radius 3 is 2.76 bits per heavy atom. The van der Waals surface area contributed by atoms with Crippen LogP contribution in [0.3, 0.4) is 0 Å². The number of anilines is 1. The van der Waals surface area contributed by atoms with Crippen LogP contribution >= 0.6 is 0 Å². The molecule has 3 aliphatic rings. The number of carbonyl (C=O) groups excluding carboxylic acids is 2. The Morgan fingerprint density at radius 2 is 1.97 bits per heavy atom. The maximum Gasteiger partial charge on any atom is 0.256 e. The van der Waals surface area contributed by atoms with Crippen molar-refractivity contribution >= 4 is 29.2 Å². The Morgan fingerprint density at radius 1 is 1.10 bits per heavy atom. The molecule has 3 N–H and O–H groups in total. The third-order valence-electron chi connectivity index (χ3n) is 6.18. The number of nitrogens with one attached hydrogen (secondary N) is 3. The SMILES string of the molecule is O=C1Nc2ccc(CC3CCNC3=O)cc2C1=Cc1cc(CN2CCCC2)c[nH]1. The number of nitrogens with zero attached hydrogens (tertiary/aromatic N) is 1. The first-order valence-corrected chi connectivity index (χ1v) is 10.5. The maximum absolute atomic E-state index is 12.6. The molecule has 0 saturated carbocycles. The first-order chi connectivity index (χ1) is 14.2. The zero-order chi connectivity index (χ0) is 19.8. The fourth-order valence-electron chi connectivity index (χ4n) is 4.62. The number of rotatable bonds is 5. The lowest BCUT2D eigenvalue weighted by molar-refractivity contribution is -0.122. The lowest BCUT2D eigenvalue weighted by Gasteiger charge is -2.12. The molecular formula is C23H26N4O2. The number of likely N-dealkylation sites (tertiary alicyclic amines) is 1. The molecule has 0 bridgehead atoms. The summed E-state index contributed by atoms with van der Waals surface area (Å²) in [4.78, 5) is 30.2. The summed E-state index contributed by atoms with van der Waals surface area (Å²) in [5, 5.41) is 5.85. The summed E-state index contributed by atoms with van der Waals surface area (Å²) < 4.78 is 0. The van der Waals surface area contributed by atoms with Crippen LogP contribution in [0.15, 0.2) is 30.5 Å². The molecule has 2 amide bonds. The molecule has 6 nitrogen and oxygen atoms in total. The molecule has 5 rings (SSSR count). The van der Waals surface area contributed by atoms with Crippen LogP contribution in [0.2, 0.25) is 0 Å². The van der Waals surface area contributed by atoms with Gasteiger partial charge in [-0.05, 0) is 74.2 Å². The van der Waals surface area contributed by atoms with E-state index < -0.39 is 0 Å². The molecular weight excluding hydrogens is 364 g/mol. The predicted octanol–water partition coefficient (Wildman–Crippen LogP) is 2.78. The number of hydrogen-bond donors (Lipinski definition) is 3. The van der Waals surface area contributed by atoms with Gasteiger partial charge in [0.1, 0.15) is 0 Å². The number of amides is 2. The van der Waals surface area contributed by atoms with E-state index in [4.69, 9.17) is 0 Å². The van der Waals surface area contributed by atoms with E-state index in [1.165, 1.54) is 31.5 Å². The summed E-state index contributed by atoms with van der Waals surface area (Å²) in [6.45, 7) is 4.04. The molecule has 1 atom stereocenters. The number of fused-ring (bicyclic) bond motifs is 1. The molecule has 1 aromatic carbocycles. The minimum atomic E-state index is -0.0774. The van der Waals surface area contributed by atoms with Gasteiger partial charge >= 0.3 is 0 Å². The molecule has 29 heavy (non-hydrogen) atoms. The van der Waals surface area contributed by atoms with E-state index in [0.717, 1.165) is 42.0 Å². The summed E-state index contributed by atoms with van der Waals surface area (Å²) in [5.74, 6) is 0.0842. The first-order valence-electron chi connectivity index (χ1n) is 10.5. The number of carbonyl (C=O) groups is 2. The largest absolute Gasteiger partial charge is 0.361 e. The van der Waals surface area contributed by atoms with Crippen LogP contribution in [-0.2, 0) is 22.6 Å². The molecule has 2 fully saturated rings. The van der Waals surface area contributed by atoms with E-state index in [0.29, 0.717) is 12.0 Å². The Kier molecular flexibility index (Phi) is 4.72. The van der Waals surface area contributed by atoms with Crippen molar-refractivity contribution in [2.24, 2.45) is 5.92 Å². The van der Waals surface area contributed by atoms with Gasteiger partial charge in [0.2, 0.25) is 5.91 Å². The summed E-state index contributed by atoms with van der Waals surface area (Å²) >= 11 is 0. The highest BCUT2D eigenvalue weighted by Crippen LogP contribution is 2.34. The van der Waals surface area contributed by atoms with E-state index in [9.17, 15) is 9.59 Å². The van der Waals surface area contributed by atoms with Gasteiger partial charge in [-0.1, -0.05) is 6.07 Å². The van der Waals surface area contributed by atoms with Crippen LogP contribution < -0.4 is 10.6 Å². The van der Waals surface area contributed by atoms with E-state index in [-0.39, 0.29) is 17.7 Å². The van der Waals surface area contributed by atoms with Crippen molar-refractivity contribution in [1.29, 1.82) is 0 Å². The van der Waals surface area contributed by atoms with Gasteiger partial charge in [0.25, 0.3) is 5.91 Å². The highest BCUT2D eigenvalue weighted by Gasteiger charge is 2.27. The zero-order valence-corrected chi connectivity index (χ0v) is 16.5. The van der Waals surface area contributed by atoms with E-state index in [2.05, 4.69) is 32.7 Å². The van der Waals surface area contributed by atoms with E-state index >= 15 is 0 Å². The lowest BCUT2D eigenvalue weighted by Crippen LogP contribution is -2.20. The number of benzene rings is 1. The second kappa shape index (κ2) is 7.52. The molecule has 2 aromatic rings. The number of aromatic nitrogens is 1. The van der Waals surface area contributed by atoms with Gasteiger partial charge in [0.15, 0.2) is 0 Å². The molecule has 150 valence electrons. The van der Waals surface area contributed by atoms with Gasteiger partial charge in [-0.25, -0.2) is 0 Å². The van der Waals surface area contributed by atoms with E-state index in [1.54, 1.807) is 0 Å². The fraction of sp³-hybridized carbons (Fsp3) is 0.391. The normalized spacial score (nSPS) is 22.9. The monoisotopic (exact) mass is 390 g/mol. The van der Waals surface area contributed by atoms with Crippen molar-refractivity contribution in [1.82, 2.24) is 15.2 Å². The molecule has 1 aromatic heterocycles. The zero-order valence-electron chi connectivity index (χ0n) is 16.5. The minimum absolute atomic E-state index is 0.0297. The predicted molar refractivity (Wildman–Crippen MR) is 113 cm³/mol. The van der Waals surface area contributed by atoms with Crippen molar-refractivity contribution in [3.8, 4) is 0 Å². The molecule has 2 saturated heterocycles. The number of hydrogen-bond acceptors (Lipinski definition) is 3. The van der Waals surface area contributed by atoms with Gasteiger partial charge in [-0.3, -0.25) is 14.5 Å². The van der Waals surface area contributed by atoms with Crippen LogP contribution in [0.5, 0.6) is 0 Å².